The summed E-state index contributed by atoms with van der Waals surface area (Å²) in [5.41, 5.74) is -0.107. The zero-order valence-corrected chi connectivity index (χ0v) is 21.4. The monoisotopic (exact) mass is 577 g/mol. The normalized spacial score (nSPS) is 31.7. The third-order valence-electron chi connectivity index (χ3n) is 5.94. The topological polar surface area (TPSA) is 91.4 Å². The highest BCUT2D eigenvalue weighted by molar-refractivity contribution is 6.66. The number of hydrogen-bond donors (Lipinski definition) is 0. The minimum absolute atomic E-state index is 0.107. The summed E-state index contributed by atoms with van der Waals surface area (Å²) in [6.45, 7) is 0. The molecular weight excluding hydrogens is 567 g/mol. The molecule has 1 heterocycles. The maximum atomic E-state index is 13.2. The van der Waals surface area contributed by atoms with E-state index in [0.29, 0.717) is 0 Å². The smallest absolute Gasteiger partial charge is 0.364 e. The number of halogens is 6. The molecule has 2 fully saturated rings. The highest BCUT2D eigenvalue weighted by Crippen LogP contribution is 2.77. The number of ether oxygens (including phenoxy) is 3. The molecule has 4 rings (SSSR count). The van der Waals surface area contributed by atoms with Gasteiger partial charge in [0.15, 0.2) is 15.8 Å². The van der Waals surface area contributed by atoms with E-state index in [0.717, 1.165) is 0 Å². The third kappa shape index (κ3) is 2.82. The first-order valence-corrected chi connectivity index (χ1v) is 11.3. The molecule has 2 aliphatic carbocycles. The predicted octanol–water partition coefficient (Wildman–Crippen LogP) is 4.23. The van der Waals surface area contributed by atoms with Crippen molar-refractivity contribution in [3.05, 3.63) is 27.8 Å². The van der Waals surface area contributed by atoms with Gasteiger partial charge in [-0.1, -0.05) is 46.4 Å². The second kappa shape index (κ2) is 7.86. The Morgan fingerprint density at radius 3 is 1.64 bits per heavy atom. The minimum Gasteiger partial charge on any atom is -0.493 e. The number of alkyl halides is 4. The van der Waals surface area contributed by atoms with Crippen molar-refractivity contribution in [2.75, 3.05) is 21.3 Å². The van der Waals surface area contributed by atoms with Crippen LogP contribution in [-0.2, 0) is 14.4 Å². The molecule has 4 atom stereocenters. The van der Waals surface area contributed by atoms with E-state index in [1.807, 2.05) is 0 Å². The number of rotatable bonds is 5. The molecule has 33 heavy (non-hydrogen) atoms. The van der Waals surface area contributed by atoms with Crippen molar-refractivity contribution in [1.82, 2.24) is 5.06 Å². The van der Waals surface area contributed by atoms with Gasteiger partial charge >= 0.3 is 5.97 Å². The standard InChI is InChI=1S/C19H13Cl6NO7/c1-30-7-4-6(5-8(31-2)11(7)32-3)16(29)33-26-14(27)9-10(15(26)28)18(23)13(21)12(20)17(9,22)19(18,24)25/h4-5,9-10H,1-3H3/t9-,10+,17-,18-/m1/s1. The molecule has 1 aromatic carbocycles. The summed E-state index contributed by atoms with van der Waals surface area (Å²) in [5, 5.41) is -0.255. The summed E-state index contributed by atoms with van der Waals surface area (Å²) in [6, 6.07) is 2.56. The van der Waals surface area contributed by atoms with Gasteiger partial charge < -0.3 is 19.0 Å². The van der Waals surface area contributed by atoms with Crippen LogP contribution in [0.5, 0.6) is 17.2 Å². The molecule has 2 amide bonds. The number of amides is 2. The van der Waals surface area contributed by atoms with E-state index in [1.54, 1.807) is 0 Å². The first kappa shape index (κ1) is 24.8. The van der Waals surface area contributed by atoms with E-state index in [4.69, 9.17) is 88.7 Å². The summed E-state index contributed by atoms with van der Waals surface area (Å²) in [4.78, 5) is 40.3. The maximum absolute atomic E-state index is 13.2. The van der Waals surface area contributed by atoms with Crippen molar-refractivity contribution in [1.29, 1.82) is 0 Å². The van der Waals surface area contributed by atoms with Gasteiger partial charge in [-0.05, 0) is 12.1 Å². The van der Waals surface area contributed by atoms with Gasteiger partial charge in [0.2, 0.25) is 5.75 Å². The van der Waals surface area contributed by atoms with Crippen molar-refractivity contribution in [2.45, 2.75) is 14.1 Å². The molecule has 8 nitrogen and oxygen atoms in total. The van der Waals surface area contributed by atoms with Gasteiger partial charge in [-0.2, -0.15) is 0 Å². The molecule has 1 aromatic rings. The molecule has 0 N–H and O–H groups in total. The Kier molecular flexibility index (Phi) is 5.92. The number of benzene rings is 1. The van der Waals surface area contributed by atoms with E-state index >= 15 is 0 Å². The number of carbonyl (C=O) groups is 3. The van der Waals surface area contributed by atoms with Crippen LogP contribution in [0.4, 0.5) is 0 Å². The number of hydrogen-bond acceptors (Lipinski definition) is 7. The lowest BCUT2D eigenvalue weighted by Gasteiger charge is -2.34. The summed E-state index contributed by atoms with van der Waals surface area (Å²) < 4.78 is 13.5. The van der Waals surface area contributed by atoms with Crippen LogP contribution in [-0.4, -0.2) is 58.3 Å². The zero-order valence-electron chi connectivity index (χ0n) is 16.9. The van der Waals surface area contributed by atoms with E-state index in [1.165, 1.54) is 33.5 Å². The Bertz CT molecular complexity index is 1070. The Hall–Kier alpha value is -1.29. The van der Waals surface area contributed by atoms with Gasteiger partial charge in [0, 0.05) is 0 Å². The molecule has 0 aromatic heterocycles. The molecule has 1 aliphatic heterocycles. The summed E-state index contributed by atoms with van der Waals surface area (Å²) in [5.74, 6) is -5.43. The number of methoxy groups -OCH3 is 3. The van der Waals surface area contributed by atoms with E-state index in [-0.39, 0.29) is 37.9 Å². The van der Waals surface area contributed by atoms with Gasteiger partial charge in [-0.3, -0.25) is 9.59 Å². The quantitative estimate of drug-likeness (QED) is 0.381. The Balaban J connectivity index is 1.69. The Morgan fingerprint density at radius 1 is 0.848 bits per heavy atom. The van der Waals surface area contributed by atoms with Crippen LogP contribution in [0.2, 0.25) is 0 Å². The summed E-state index contributed by atoms with van der Waals surface area (Å²) in [7, 11) is 4.08. The number of nitrogens with zero attached hydrogens (tertiary/aromatic N) is 1. The molecule has 0 radical (unpaired) electrons. The van der Waals surface area contributed by atoms with Crippen molar-refractivity contribution < 1.29 is 33.4 Å². The number of fused-ring (bicyclic) bond motifs is 5. The van der Waals surface area contributed by atoms with Crippen LogP contribution < -0.4 is 14.2 Å². The average molecular weight is 580 g/mol. The predicted molar refractivity (Wildman–Crippen MR) is 121 cm³/mol. The van der Waals surface area contributed by atoms with Gasteiger partial charge in [-0.25, -0.2) is 4.79 Å². The van der Waals surface area contributed by atoms with Crippen molar-refractivity contribution in [3.8, 4) is 17.2 Å². The van der Waals surface area contributed by atoms with Crippen LogP contribution in [0.25, 0.3) is 0 Å². The number of allylic oxidation sites excluding steroid dienone is 2. The molecule has 178 valence electrons. The number of imide groups is 1. The largest absolute Gasteiger partial charge is 0.493 e. The van der Waals surface area contributed by atoms with Gasteiger partial charge in [0.05, 0.1) is 48.8 Å². The lowest BCUT2D eigenvalue weighted by atomic mass is 9.84. The fraction of sp³-hybridized carbons (Fsp3) is 0.421. The van der Waals surface area contributed by atoms with E-state index in [9.17, 15) is 14.4 Å². The highest BCUT2D eigenvalue weighted by Gasteiger charge is 2.88. The lowest BCUT2D eigenvalue weighted by Crippen LogP contribution is -2.50. The van der Waals surface area contributed by atoms with Crippen LogP contribution in [0.1, 0.15) is 10.4 Å². The van der Waals surface area contributed by atoms with Gasteiger partial charge in [-0.15, -0.1) is 28.3 Å². The highest BCUT2D eigenvalue weighted by atomic mass is 35.5. The summed E-state index contributed by atoms with van der Waals surface area (Å²) >= 11 is 38.5. The van der Waals surface area contributed by atoms with Crippen LogP contribution in [0.15, 0.2) is 22.2 Å². The number of carbonyl (C=O) groups excluding carboxylic acids is 3. The van der Waals surface area contributed by atoms with Crippen LogP contribution in [0.3, 0.4) is 0 Å². The van der Waals surface area contributed by atoms with Crippen molar-refractivity contribution in [3.63, 3.8) is 0 Å². The molecule has 3 aliphatic rings. The third-order valence-corrected chi connectivity index (χ3v) is 10.2. The molecule has 14 heteroatoms. The molecular formula is C19H13Cl6NO7. The summed E-state index contributed by atoms with van der Waals surface area (Å²) in [6.07, 6.45) is 0. The average Bonchev–Trinajstić information content (AvgIpc) is 3.16. The first-order chi connectivity index (χ1) is 15.3. The second-order valence-electron chi connectivity index (χ2n) is 7.34. The van der Waals surface area contributed by atoms with Crippen molar-refractivity contribution in [2.24, 2.45) is 11.8 Å². The molecule has 1 saturated heterocycles. The van der Waals surface area contributed by atoms with Gasteiger partial charge in [0.1, 0.15) is 9.75 Å². The fourth-order valence-electron chi connectivity index (χ4n) is 4.39. The van der Waals surface area contributed by atoms with Crippen molar-refractivity contribution >= 4 is 87.4 Å². The maximum Gasteiger partial charge on any atom is 0.364 e. The van der Waals surface area contributed by atoms with Crippen LogP contribution in [0, 0.1) is 11.8 Å². The fourth-order valence-corrected chi connectivity index (χ4v) is 7.32. The van der Waals surface area contributed by atoms with Gasteiger partial charge in [0.25, 0.3) is 11.8 Å². The molecule has 0 unspecified atom stereocenters. The Morgan fingerprint density at radius 2 is 1.27 bits per heavy atom. The van der Waals surface area contributed by atoms with E-state index in [2.05, 4.69) is 0 Å². The van der Waals surface area contributed by atoms with E-state index < -0.39 is 43.7 Å². The van der Waals surface area contributed by atoms with Crippen LogP contribution >= 0.6 is 69.6 Å². The number of hydroxylamine groups is 2. The lowest BCUT2D eigenvalue weighted by molar-refractivity contribution is -0.175. The second-order valence-corrected chi connectivity index (χ2v) is 10.6. The molecule has 0 spiro atoms. The first-order valence-electron chi connectivity index (χ1n) is 9.06. The SMILES string of the molecule is COc1cc(C(=O)ON2C(=O)[C@@H]3[C@H](C2=O)[C@@]2(Cl)C(Cl)=C(Cl)[C@@]3(Cl)C2(Cl)Cl)cc(OC)c1OC. The molecule has 1 saturated carbocycles. The molecule has 2 bridgehead atoms. The zero-order chi connectivity index (χ0) is 24.7. The minimum atomic E-state index is -2.09. The Labute approximate surface area is 217 Å².